The Morgan fingerprint density at radius 2 is 1.83 bits per heavy atom. The van der Waals surface area contributed by atoms with E-state index in [1.807, 2.05) is 0 Å². The maximum Gasteiger partial charge on any atom is 0.277 e. The number of nitrogens with zero attached hydrogens (tertiary/aromatic N) is 3. The summed E-state index contributed by atoms with van der Waals surface area (Å²) in [7, 11) is -3.58. The molecule has 1 atom stereocenters. The monoisotopic (exact) mass is 447 g/mol. The highest BCUT2D eigenvalue weighted by Crippen LogP contribution is 2.26. The van der Waals surface area contributed by atoms with Gasteiger partial charge in [0.2, 0.25) is 21.8 Å². The molecule has 0 aliphatic carbocycles. The minimum atomic E-state index is -3.58. The lowest BCUT2D eigenvalue weighted by atomic mass is 10.3. The number of sulfonamides is 1. The summed E-state index contributed by atoms with van der Waals surface area (Å²) >= 11 is 1.12. The summed E-state index contributed by atoms with van der Waals surface area (Å²) in [4.78, 5) is 16.6. The van der Waals surface area contributed by atoms with Gasteiger partial charge < -0.3 is 9.73 Å². The quantitative estimate of drug-likeness (QED) is 0.505. The van der Waals surface area contributed by atoms with Crippen molar-refractivity contribution in [1.29, 1.82) is 0 Å². The molecule has 0 saturated heterocycles. The molecule has 158 valence electrons. The number of aromatic nitrogens is 3. The van der Waals surface area contributed by atoms with Gasteiger partial charge in [-0.1, -0.05) is 11.8 Å². The molecule has 0 saturated carbocycles. The van der Waals surface area contributed by atoms with E-state index in [-0.39, 0.29) is 22.1 Å². The normalized spacial score (nSPS) is 12.7. The van der Waals surface area contributed by atoms with Crippen LogP contribution in [0.2, 0.25) is 0 Å². The number of thioether (sulfide) groups is 1. The second-order valence-corrected chi connectivity index (χ2v) is 9.67. The number of benzene rings is 1. The van der Waals surface area contributed by atoms with Crippen molar-refractivity contribution in [2.75, 3.05) is 5.32 Å². The molecule has 0 aliphatic heterocycles. The Labute approximate surface area is 178 Å². The van der Waals surface area contributed by atoms with Gasteiger partial charge in [0.05, 0.1) is 15.7 Å². The van der Waals surface area contributed by atoms with Crippen molar-refractivity contribution in [1.82, 2.24) is 19.9 Å². The van der Waals surface area contributed by atoms with Crippen LogP contribution < -0.4 is 10.0 Å². The lowest BCUT2D eigenvalue weighted by Gasteiger charge is -2.12. The van der Waals surface area contributed by atoms with Gasteiger partial charge in [0.25, 0.3) is 5.22 Å². The molecule has 1 aromatic carbocycles. The molecule has 2 heterocycles. The third-order valence-corrected chi connectivity index (χ3v) is 6.39. The first-order valence-electron chi connectivity index (χ1n) is 9.08. The first-order chi connectivity index (χ1) is 14.2. The van der Waals surface area contributed by atoms with Gasteiger partial charge in [0, 0.05) is 24.1 Å². The zero-order valence-corrected chi connectivity index (χ0v) is 18.2. The predicted molar refractivity (Wildman–Crippen MR) is 113 cm³/mol. The van der Waals surface area contributed by atoms with Gasteiger partial charge in [-0.25, -0.2) is 13.1 Å². The van der Waals surface area contributed by atoms with Gasteiger partial charge in [0.1, 0.15) is 0 Å². The van der Waals surface area contributed by atoms with E-state index in [0.717, 1.165) is 11.8 Å². The van der Waals surface area contributed by atoms with Crippen LogP contribution in [0.4, 0.5) is 5.69 Å². The predicted octanol–water partition coefficient (Wildman–Crippen LogP) is 2.94. The standard InChI is InChI=1S/C19H21N5O4S2/c1-12(2)24-30(26,27)16-8-6-15(7-9-16)21-17(25)13(3)29-19-23-22-18(28-19)14-5-4-10-20-11-14/h4-13,24H,1-3H3,(H,21,25)/t13-/m0/s1. The van der Waals surface area contributed by atoms with E-state index in [1.54, 1.807) is 45.3 Å². The molecule has 0 unspecified atom stereocenters. The Morgan fingerprint density at radius 3 is 2.47 bits per heavy atom. The fourth-order valence-corrected chi connectivity index (χ4v) is 4.34. The number of hydrogen-bond donors (Lipinski definition) is 2. The van der Waals surface area contributed by atoms with Crippen molar-refractivity contribution in [3.63, 3.8) is 0 Å². The topological polar surface area (TPSA) is 127 Å². The van der Waals surface area contributed by atoms with Crippen molar-refractivity contribution < 1.29 is 17.6 Å². The Morgan fingerprint density at radius 1 is 1.10 bits per heavy atom. The minimum absolute atomic E-state index is 0.130. The van der Waals surface area contributed by atoms with Gasteiger partial charge in [0.15, 0.2) is 0 Å². The summed E-state index contributed by atoms with van der Waals surface area (Å²) in [5, 5.41) is 10.4. The second kappa shape index (κ2) is 9.37. The van der Waals surface area contributed by atoms with Crippen LogP contribution in [0.3, 0.4) is 0 Å². The van der Waals surface area contributed by atoms with Crippen LogP contribution in [-0.4, -0.2) is 40.8 Å². The average Bonchev–Trinajstić information content (AvgIpc) is 3.16. The molecule has 3 aromatic rings. The zero-order valence-electron chi connectivity index (χ0n) is 16.6. The van der Waals surface area contributed by atoms with Gasteiger partial charge in [-0.2, -0.15) is 0 Å². The molecule has 11 heteroatoms. The van der Waals surface area contributed by atoms with Crippen molar-refractivity contribution >= 4 is 33.4 Å². The number of rotatable bonds is 8. The first-order valence-corrected chi connectivity index (χ1v) is 11.4. The minimum Gasteiger partial charge on any atom is -0.411 e. The Bertz CT molecular complexity index is 1100. The molecule has 0 bridgehead atoms. The third-order valence-electron chi connectivity index (χ3n) is 3.78. The van der Waals surface area contributed by atoms with E-state index in [0.29, 0.717) is 17.1 Å². The Kier molecular flexibility index (Phi) is 6.85. The van der Waals surface area contributed by atoms with Crippen molar-refractivity contribution in [3.8, 4) is 11.5 Å². The summed E-state index contributed by atoms with van der Waals surface area (Å²) in [5.41, 5.74) is 1.17. The summed E-state index contributed by atoms with van der Waals surface area (Å²) < 4.78 is 32.4. The number of anilines is 1. The molecular weight excluding hydrogens is 426 g/mol. The van der Waals surface area contributed by atoms with E-state index in [1.165, 1.54) is 24.3 Å². The van der Waals surface area contributed by atoms with Crippen LogP contribution in [0.15, 0.2) is 63.3 Å². The van der Waals surface area contributed by atoms with Crippen LogP contribution >= 0.6 is 11.8 Å². The molecule has 0 radical (unpaired) electrons. The number of carbonyl (C=O) groups is 1. The highest BCUT2D eigenvalue weighted by Gasteiger charge is 2.20. The van der Waals surface area contributed by atoms with Crippen LogP contribution in [0.5, 0.6) is 0 Å². The first kappa shape index (κ1) is 21.9. The van der Waals surface area contributed by atoms with Gasteiger partial charge in [-0.15, -0.1) is 10.2 Å². The number of carbonyl (C=O) groups excluding carboxylic acids is 1. The van der Waals surface area contributed by atoms with E-state index < -0.39 is 15.3 Å². The van der Waals surface area contributed by atoms with Crippen LogP contribution in [0, 0.1) is 0 Å². The number of amides is 1. The lowest BCUT2D eigenvalue weighted by Crippen LogP contribution is -2.30. The molecule has 2 N–H and O–H groups in total. The number of nitrogens with one attached hydrogen (secondary N) is 2. The van der Waals surface area contributed by atoms with Crippen LogP contribution in [0.1, 0.15) is 20.8 Å². The van der Waals surface area contributed by atoms with Gasteiger partial charge in [-0.05, 0) is 57.2 Å². The van der Waals surface area contributed by atoms with E-state index >= 15 is 0 Å². The summed E-state index contributed by atoms with van der Waals surface area (Å²) in [6.45, 7) is 5.20. The molecule has 0 aliphatic rings. The fourth-order valence-electron chi connectivity index (χ4n) is 2.41. The molecule has 30 heavy (non-hydrogen) atoms. The van der Waals surface area contributed by atoms with E-state index in [9.17, 15) is 13.2 Å². The summed E-state index contributed by atoms with van der Waals surface area (Å²) in [5.74, 6) is 0.0436. The molecule has 2 aromatic heterocycles. The third kappa shape index (κ3) is 5.65. The molecule has 9 nitrogen and oxygen atoms in total. The highest BCUT2D eigenvalue weighted by molar-refractivity contribution is 8.00. The number of pyridine rings is 1. The van der Waals surface area contributed by atoms with Crippen LogP contribution in [-0.2, 0) is 14.8 Å². The van der Waals surface area contributed by atoms with Crippen molar-refractivity contribution in [2.24, 2.45) is 0 Å². The van der Waals surface area contributed by atoms with E-state index in [2.05, 4.69) is 25.2 Å². The fraction of sp³-hybridized carbons (Fsp3) is 0.263. The number of hydrogen-bond acceptors (Lipinski definition) is 8. The van der Waals surface area contributed by atoms with Crippen molar-refractivity contribution in [3.05, 3.63) is 48.8 Å². The SMILES string of the molecule is CC(C)NS(=O)(=O)c1ccc(NC(=O)[C@H](C)Sc2nnc(-c3cccnc3)o2)cc1. The largest absolute Gasteiger partial charge is 0.411 e. The van der Waals surface area contributed by atoms with Crippen molar-refractivity contribution in [2.45, 2.75) is 42.2 Å². The molecule has 0 fully saturated rings. The lowest BCUT2D eigenvalue weighted by molar-refractivity contribution is -0.115. The van der Waals surface area contributed by atoms with Gasteiger partial charge in [-0.3, -0.25) is 9.78 Å². The average molecular weight is 448 g/mol. The molecule has 1 amide bonds. The van der Waals surface area contributed by atoms with Crippen LogP contribution in [0.25, 0.3) is 11.5 Å². The Hall–Kier alpha value is -2.76. The molecule has 0 spiro atoms. The highest BCUT2D eigenvalue weighted by atomic mass is 32.2. The maximum atomic E-state index is 12.5. The van der Waals surface area contributed by atoms with Gasteiger partial charge >= 0.3 is 0 Å². The zero-order chi connectivity index (χ0) is 21.7. The summed E-state index contributed by atoms with van der Waals surface area (Å²) in [6.07, 6.45) is 3.25. The maximum absolute atomic E-state index is 12.5. The second-order valence-electron chi connectivity index (χ2n) is 6.66. The smallest absolute Gasteiger partial charge is 0.277 e. The molecular formula is C19H21N5O4S2. The molecule has 3 rings (SSSR count). The Balaban J connectivity index is 1.60. The summed E-state index contributed by atoms with van der Waals surface area (Å²) in [6, 6.07) is 9.31. The van der Waals surface area contributed by atoms with E-state index in [4.69, 9.17) is 4.42 Å².